The third-order valence-electron chi connectivity index (χ3n) is 3.89. The molecule has 3 rings (SSSR count). The molecule has 23 heavy (non-hydrogen) atoms. The fourth-order valence-electron chi connectivity index (χ4n) is 2.90. The Kier molecular flexibility index (Phi) is 4.53. The van der Waals surface area contributed by atoms with Gasteiger partial charge in [0.2, 0.25) is 0 Å². The number of aliphatic imine (C=N–C) groups is 1. The summed E-state index contributed by atoms with van der Waals surface area (Å²) in [5, 5.41) is 13.4. The van der Waals surface area contributed by atoms with Crippen LogP contribution in [-0.2, 0) is 9.53 Å². The van der Waals surface area contributed by atoms with Gasteiger partial charge in [-0.15, -0.1) is 0 Å². The lowest BCUT2D eigenvalue weighted by atomic mass is 9.83. The highest BCUT2D eigenvalue weighted by atomic mass is 79.9. The predicted molar refractivity (Wildman–Crippen MR) is 93.6 cm³/mol. The number of hydrogen-bond acceptors (Lipinski definition) is 6. The zero-order valence-electron chi connectivity index (χ0n) is 12.8. The summed E-state index contributed by atoms with van der Waals surface area (Å²) in [5.41, 5.74) is -0.597. The smallest absolute Gasteiger partial charge is 0.316 e. The molecule has 0 aromatic heterocycles. The van der Waals surface area contributed by atoms with E-state index in [1.807, 2.05) is 40.8 Å². The second-order valence-corrected chi connectivity index (χ2v) is 7.31. The van der Waals surface area contributed by atoms with E-state index in [4.69, 9.17) is 4.74 Å². The van der Waals surface area contributed by atoms with Crippen LogP contribution in [0, 0.1) is 5.92 Å². The molecule has 1 aromatic carbocycles. The molecule has 0 amide bonds. The molecule has 7 heteroatoms. The molecule has 3 atom stereocenters. The first kappa shape index (κ1) is 16.5. The fraction of sp³-hybridized carbons (Fsp3) is 0.375. The average molecular weight is 397 g/mol. The summed E-state index contributed by atoms with van der Waals surface area (Å²) < 4.78 is 6.16. The third kappa shape index (κ3) is 3.05. The van der Waals surface area contributed by atoms with Gasteiger partial charge in [0.15, 0.2) is 10.9 Å². The fourth-order valence-corrected chi connectivity index (χ4v) is 4.01. The van der Waals surface area contributed by atoms with Crippen molar-refractivity contribution in [1.82, 2.24) is 4.90 Å². The number of amidine groups is 1. The van der Waals surface area contributed by atoms with Crippen molar-refractivity contribution in [3.05, 3.63) is 45.9 Å². The molecular formula is C16H17BrN2O3S. The van der Waals surface area contributed by atoms with Gasteiger partial charge in [0.05, 0.1) is 12.6 Å². The van der Waals surface area contributed by atoms with Crippen molar-refractivity contribution >= 4 is 38.8 Å². The molecule has 3 unspecified atom stereocenters. The zero-order valence-corrected chi connectivity index (χ0v) is 15.2. The van der Waals surface area contributed by atoms with Crippen molar-refractivity contribution < 1.29 is 14.6 Å². The van der Waals surface area contributed by atoms with E-state index in [1.165, 1.54) is 11.8 Å². The van der Waals surface area contributed by atoms with Crippen molar-refractivity contribution in [2.24, 2.45) is 10.9 Å². The lowest BCUT2D eigenvalue weighted by molar-refractivity contribution is -0.161. The van der Waals surface area contributed by atoms with Crippen molar-refractivity contribution in [2.75, 3.05) is 6.61 Å². The number of esters is 1. The molecule has 2 aliphatic rings. The molecule has 1 aromatic rings. The third-order valence-corrected chi connectivity index (χ3v) is 5.19. The normalized spacial score (nSPS) is 29.2. The number of aliphatic hydroxyl groups is 1. The van der Waals surface area contributed by atoms with Crippen LogP contribution in [0.4, 0.5) is 0 Å². The first-order valence-corrected chi connectivity index (χ1v) is 8.97. The summed E-state index contributed by atoms with van der Waals surface area (Å²) in [5.74, 6) is -1.26. The maximum Gasteiger partial charge on any atom is 0.316 e. The summed E-state index contributed by atoms with van der Waals surface area (Å²) in [6, 6.07) is 7.36. The second kappa shape index (κ2) is 6.30. The van der Waals surface area contributed by atoms with Crippen LogP contribution in [0.2, 0.25) is 0 Å². The molecule has 122 valence electrons. The number of fused-ring (bicyclic) bond motifs is 1. The minimum Gasteiger partial charge on any atom is -0.466 e. The van der Waals surface area contributed by atoms with Gasteiger partial charge in [-0.1, -0.05) is 39.8 Å². The summed E-state index contributed by atoms with van der Waals surface area (Å²) in [4.78, 5) is 18.8. The van der Waals surface area contributed by atoms with Crippen LogP contribution in [0.3, 0.4) is 0 Å². The van der Waals surface area contributed by atoms with Crippen LogP contribution in [0.1, 0.15) is 25.5 Å². The van der Waals surface area contributed by atoms with E-state index in [1.54, 1.807) is 13.8 Å². The Morgan fingerprint density at radius 3 is 2.83 bits per heavy atom. The van der Waals surface area contributed by atoms with Gasteiger partial charge in [-0.2, -0.15) is 0 Å². The Morgan fingerprint density at radius 1 is 1.48 bits per heavy atom. The molecular weight excluding hydrogens is 380 g/mol. The van der Waals surface area contributed by atoms with Crippen molar-refractivity contribution in [2.45, 2.75) is 25.6 Å². The van der Waals surface area contributed by atoms with Crippen molar-refractivity contribution in [3.8, 4) is 0 Å². The van der Waals surface area contributed by atoms with Crippen LogP contribution in [-0.4, -0.2) is 33.5 Å². The van der Waals surface area contributed by atoms with Gasteiger partial charge in [-0.25, -0.2) is 4.99 Å². The number of carbonyl (C=O) groups is 1. The van der Waals surface area contributed by atoms with Crippen LogP contribution in [0.15, 0.2) is 45.3 Å². The van der Waals surface area contributed by atoms with Gasteiger partial charge < -0.3 is 14.7 Å². The van der Waals surface area contributed by atoms with Gasteiger partial charge in [0, 0.05) is 10.7 Å². The molecule has 0 spiro atoms. The summed E-state index contributed by atoms with van der Waals surface area (Å²) in [6.07, 6.45) is 1.89. The van der Waals surface area contributed by atoms with Gasteiger partial charge in [-0.05, 0) is 37.0 Å². The van der Waals surface area contributed by atoms with Crippen LogP contribution in [0.5, 0.6) is 0 Å². The molecule has 0 saturated carbocycles. The molecule has 0 radical (unpaired) electrons. The Balaban J connectivity index is 2.09. The number of rotatable bonds is 3. The number of benzene rings is 1. The van der Waals surface area contributed by atoms with E-state index in [-0.39, 0.29) is 12.6 Å². The lowest BCUT2D eigenvalue weighted by Gasteiger charge is -2.43. The number of ether oxygens (including phenoxy) is 1. The van der Waals surface area contributed by atoms with Crippen molar-refractivity contribution in [1.29, 1.82) is 0 Å². The summed E-state index contributed by atoms with van der Waals surface area (Å²) >= 11 is 4.85. The van der Waals surface area contributed by atoms with Gasteiger partial charge >= 0.3 is 5.97 Å². The highest BCUT2D eigenvalue weighted by Gasteiger charge is 2.51. The van der Waals surface area contributed by atoms with E-state index in [0.717, 1.165) is 10.0 Å². The minimum atomic E-state index is -1.52. The van der Waals surface area contributed by atoms with E-state index < -0.39 is 17.6 Å². The molecule has 1 N–H and O–H groups in total. The Labute approximate surface area is 147 Å². The lowest BCUT2D eigenvalue weighted by Crippen LogP contribution is -2.52. The Hall–Kier alpha value is -1.31. The van der Waals surface area contributed by atoms with Crippen molar-refractivity contribution in [3.63, 3.8) is 0 Å². The van der Waals surface area contributed by atoms with Crippen LogP contribution >= 0.6 is 27.7 Å². The predicted octanol–water partition coefficient (Wildman–Crippen LogP) is 3.27. The standard InChI is InChI=1S/C16H17BrN2O3S/c1-3-22-14(20)12-13(10-4-6-11(17)7-5-10)19-8-9-23-15(19)18-16(12,2)21/h4-9,12-13,21H,3H2,1-2H3. The highest BCUT2D eigenvalue weighted by molar-refractivity contribution is 9.10. The molecule has 0 saturated heterocycles. The largest absolute Gasteiger partial charge is 0.466 e. The van der Waals surface area contributed by atoms with Crippen LogP contribution in [0.25, 0.3) is 0 Å². The van der Waals surface area contributed by atoms with E-state index in [0.29, 0.717) is 5.17 Å². The molecule has 2 heterocycles. The molecule has 0 bridgehead atoms. The van der Waals surface area contributed by atoms with E-state index in [9.17, 15) is 9.90 Å². The molecule has 0 aliphatic carbocycles. The maximum absolute atomic E-state index is 12.5. The van der Waals surface area contributed by atoms with Crippen LogP contribution < -0.4 is 0 Å². The van der Waals surface area contributed by atoms with Gasteiger partial charge in [-0.3, -0.25) is 4.79 Å². The monoisotopic (exact) mass is 396 g/mol. The first-order chi connectivity index (χ1) is 10.9. The Bertz CT molecular complexity index is 672. The number of halogens is 1. The SMILES string of the molecule is CCOC(=O)C1C(c2ccc(Br)cc2)N2C=CSC2=NC1(C)O. The number of nitrogens with zero attached hydrogens (tertiary/aromatic N) is 2. The van der Waals surface area contributed by atoms with Gasteiger partial charge in [0.1, 0.15) is 5.92 Å². The first-order valence-electron chi connectivity index (χ1n) is 7.30. The molecule has 2 aliphatic heterocycles. The number of thioether (sulfide) groups is 1. The average Bonchev–Trinajstić information content (AvgIpc) is 2.93. The number of carbonyl (C=O) groups excluding carboxylic acids is 1. The summed E-state index contributed by atoms with van der Waals surface area (Å²) in [6.45, 7) is 3.58. The topological polar surface area (TPSA) is 62.1 Å². The summed E-state index contributed by atoms with van der Waals surface area (Å²) in [7, 11) is 0. The zero-order chi connectivity index (χ0) is 16.6. The second-order valence-electron chi connectivity index (χ2n) is 5.52. The Morgan fingerprint density at radius 2 is 2.17 bits per heavy atom. The molecule has 0 fully saturated rings. The van der Waals surface area contributed by atoms with E-state index >= 15 is 0 Å². The minimum absolute atomic E-state index is 0.264. The van der Waals surface area contributed by atoms with Gasteiger partial charge in [0.25, 0.3) is 0 Å². The number of hydrogen-bond donors (Lipinski definition) is 1. The quantitative estimate of drug-likeness (QED) is 0.794. The maximum atomic E-state index is 12.5. The highest BCUT2D eigenvalue weighted by Crippen LogP contribution is 2.45. The molecule has 5 nitrogen and oxygen atoms in total. The van der Waals surface area contributed by atoms with E-state index in [2.05, 4.69) is 20.9 Å².